The van der Waals surface area contributed by atoms with Crippen LogP contribution in [0.5, 0.6) is 0 Å². The molecule has 0 bridgehead atoms. The normalized spacial score (nSPS) is 16.0. The number of rotatable bonds is 33. The number of amides is 8. The molecule has 88 heavy (non-hydrogen) atoms. The lowest BCUT2D eigenvalue weighted by molar-refractivity contribution is -0.145. The Kier molecular flexibility index (Phi) is 23.8. The highest BCUT2D eigenvalue weighted by Gasteiger charge is 2.41. The van der Waals surface area contributed by atoms with Crippen LogP contribution in [0.1, 0.15) is 74.2 Å². The lowest BCUT2D eigenvalue weighted by atomic mass is 9.96. The van der Waals surface area contributed by atoms with Gasteiger partial charge in [-0.3, -0.25) is 43.3 Å². The fraction of sp³-hybridized carbons (Fsp3) is 0.431. The third-order valence-electron chi connectivity index (χ3n) is 15.2. The van der Waals surface area contributed by atoms with Gasteiger partial charge in [0.15, 0.2) is 5.96 Å². The summed E-state index contributed by atoms with van der Waals surface area (Å²) in [6.07, 6.45) is 10.5. The SMILES string of the molecule is CC[C@H](C)[C@H](NC(=O)[C@H](Cc1c[nH]c2ccccc12)NC(=O)[C@@H](N)CO)C(=O)N[C@@H](Cc1cnc[nH]1)C(=O)N[C@@H](Cc1cnc[nH]1)C(=O)N[C@@H](Cc1ccccc1)C(=O)N[C@@H](CCCN=C(N)N)C(=O)N1CCC[C@H]1C(=O)N[C@@H](Cc1cnc[nH]1)C(=O)O. The van der Waals surface area contributed by atoms with Crippen molar-refractivity contribution < 1.29 is 53.4 Å². The number of imidazole rings is 3. The zero-order chi connectivity index (χ0) is 63.3. The van der Waals surface area contributed by atoms with Gasteiger partial charge in [0.2, 0.25) is 47.3 Å². The first-order chi connectivity index (χ1) is 42.3. The Labute approximate surface area is 505 Å². The molecule has 0 saturated carbocycles. The molecule has 2 aromatic carbocycles. The number of aromatic amines is 4. The lowest BCUT2D eigenvalue weighted by Gasteiger charge is -2.31. The fourth-order valence-electron chi connectivity index (χ4n) is 10.2. The van der Waals surface area contributed by atoms with Gasteiger partial charge in [0.1, 0.15) is 54.4 Å². The molecule has 1 aliphatic heterocycles. The highest BCUT2D eigenvalue weighted by atomic mass is 16.4. The number of nitrogens with two attached hydrogens (primary N) is 3. The second-order valence-electron chi connectivity index (χ2n) is 21.6. The Morgan fingerprint density at radius 2 is 1.17 bits per heavy atom. The second kappa shape index (κ2) is 32.0. The summed E-state index contributed by atoms with van der Waals surface area (Å²) >= 11 is 0. The maximum Gasteiger partial charge on any atom is 0.326 e. The number of H-pyrrole nitrogens is 4. The Bertz CT molecular complexity index is 3320. The Morgan fingerprint density at radius 3 is 1.73 bits per heavy atom. The van der Waals surface area contributed by atoms with E-state index in [-0.39, 0.29) is 70.4 Å². The van der Waals surface area contributed by atoms with E-state index in [1.54, 1.807) is 50.4 Å². The Morgan fingerprint density at radius 1 is 0.648 bits per heavy atom. The summed E-state index contributed by atoms with van der Waals surface area (Å²) in [5.41, 5.74) is 20.3. The molecule has 0 radical (unpaired) electrons. The number of carboxylic acids is 1. The standard InChI is InChI=1S/C58H77N19O11/c1-3-32(2)48(76-53(83)43(71-49(79)39(59)28-78)20-34-24-66-40-14-8-7-13-38(34)40)55(85)74-45(22-36-26-63-30-68-36)52(82)73-44(21-35-25-62-29-67-35)51(81)72-42(19-33-11-5-4-6-12-33)50(80)70-41(15-9-17-65-58(60)61)56(86)77-18-10-16-47(77)54(84)75-46(57(87)88)23-37-27-64-31-69-37/h4-8,11-14,24-27,29-32,39,41-48,66,78H,3,9-10,15-23,28,59H2,1-2H3,(H,62,67)(H,63,68)(H,64,69)(H,70,80)(H,71,79)(H,72,81)(H,73,82)(H,74,85)(H,75,84)(H,76,83)(H,87,88)(H4,60,61,65)/t32-,39-,41-,42-,43-,44-,45-,46-,47-,48-/m0/s1. The number of hydrogen-bond acceptors (Lipinski definition) is 15. The average molecular weight is 1220 g/mol. The molecule has 30 nitrogen and oxygen atoms in total. The van der Waals surface area contributed by atoms with E-state index in [0.717, 1.165) is 10.9 Å². The van der Waals surface area contributed by atoms with Gasteiger partial charge in [-0.05, 0) is 48.8 Å². The van der Waals surface area contributed by atoms with Crippen LogP contribution >= 0.6 is 0 Å². The number of fused-ring (bicyclic) bond motifs is 1. The minimum Gasteiger partial charge on any atom is -0.480 e. The van der Waals surface area contributed by atoms with E-state index in [1.807, 2.05) is 24.3 Å². The molecule has 0 aliphatic carbocycles. The molecular weight excluding hydrogens is 1140 g/mol. The van der Waals surface area contributed by atoms with Crippen molar-refractivity contribution in [2.45, 2.75) is 132 Å². The first kappa shape index (κ1) is 65.6. The average Bonchev–Trinajstić information content (AvgIpc) is 2.83. The first-order valence-electron chi connectivity index (χ1n) is 28.9. The predicted molar refractivity (Wildman–Crippen MR) is 319 cm³/mol. The van der Waals surface area contributed by atoms with Gasteiger partial charge in [0.05, 0.1) is 25.6 Å². The zero-order valence-corrected chi connectivity index (χ0v) is 48.7. The number of aliphatic hydroxyl groups is 1. The van der Waals surface area contributed by atoms with Crippen molar-refractivity contribution in [2.24, 2.45) is 28.1 Å². The van der Waals surface area contributed by atoms with E-state index >= 15 is 0 Å². The number of aromatic nitrogens is 7. The number of aliphatic carboxylic acids is 1. The van der Waals surface area contributed by atoms with Gasteiger partial charge < -0.3 is 89.5 Å². The number of aliphatic imine (C=N–C) groups is 1. The van der Waals surface area contributed by atoms with Crippen molar-refractivity contribution in [2.75, 3.05) is 19.7 Å². The molecule has 4 aromatic heterocycles. The van der Waals surface area contributed by atoms with Crippen LogP contribution in [0, 0.1) is 5.92 Å². The van der Waals surface area contributed by atoms with Gasteiger partial charge in [-0.15, -0.1) is 0 Å². The molecule has 0 spiro atoms. The van der Waals surface area contributed by atoms with Crippen LogP contribution in [0.2, 0.25) is 0 Å². The lowest BCUT2D eigenvalue weighted by Crippen LogP contribution is -2.62. The highest BCUT2D eigenvalue weighted by Crippen LogP contribution is 2.22. The monoisotopic (exact) mass is 1220 g/mol. The van der Waals surface area contributed by atoms with E-state index < -0.39 is 120 Å². The fourth-order valence-corrected chi connectivity index (χ4v) is 10.2. The summed E-state index contributed by atoms with van der Waals surface area (Å²) < 4.78 is 0. The number of hydrogen-bond donors (Lipinski definition) is 16. The summed E-state index contributed by atoms with van der Waals surface area (Å²) in [6.45, 7) is 2.96. The first-order valence-corrected chi connectivity index (χ1v) is 28.9. The topological polar surface area (TPSA) is 474 Å². The van der Waals surface area contributed by atoms with Crippen molar-refractivity contribution in [3.63, 3.8) is 0 Å². The molecule has 10 atom stereocenters. The van der Waals surface area contributed by atoms with E-state index in [9.17, 15) is 53.4 Å². The molecule has 8 amide bonds. The maximum atomic E-state index is 14.9. The van der Waals surface area contributed by atoms with Gasteiger partial charge >= 0.3 is 5.97 Å². The Balaban J connectivity index is 1.13. The number of carboxylic acid groups (broad SMARTS) is 1. The van der Waals surface area contributed by atoms with Crippen LogP contribution in [0.4, 0.5) is 0 Å². The van der Waals surface area contributed by atoms with Crippen molar-refractivity contribution in [1.82, 2.24) is 77.0 Å². The number of aliphatic hydroxyl groups excluding tert-OH is 1. The number of likely N-dealkylation sites (tertiary alicyclic amines) is 1. The summed E-state index contributed by atoms with van der Waals surface area (Å²) in [5, 5.41) is 39.6. The number of carbonyl (C=O) groups is 9. The number of para-hydroxylation sites is 1. The quantitative estimate of drug-likeness (QED) is 0.0117. The Hall–Kier alpha value is -9.97. The van der Waals surface area contributed by atoms with Gasteiger partial charge in [-0.25, -0.2) is 19.7 Å². The maximum absolute atomic E-state index is 14.9. The minimum atomic E-state index is -1.48. The van der Waals surface area contributed by atoms with Gasteiger partial charge in [-0.2, -0.15) is 0 Å². The van der Waals surface area contributed by atoms with E-state index in [4.69, 9.17) is 17.2 Å². The second-order valence-corrected chi connectivity index (χ2v) is 21.6. The molecule has 30 heteroatoms. The molecule has 6 aromatic rings. The summed E-state index contributed by atoms with van der Waals surface area (Å²) in [6, 6.07) is 3.90. The molecule has 5 heterocycles. The van der Waals surface area contributed by atoms with Crippen LogP contribution in [-0.4, -0.2) is 183 Å². The van der Waals surface area contributed by atoms with Crippen molar-refractivity contribution in [1.29, 1.82) is 0 Å². The molecule has 1 aliphatic rings. The molecule has 470 valence electrons. The predicted octanol–water partition coefficient (Wildman–Crippen LogP) is -2.26. The largest absolute Gasteiger partial charge is 0.480 e. The molecule has 19 N–H and O–H groups in total. The van der Waals surface area contributed by atoms with Crippen LogP contribution in [0.25, 0.3) is 10.9 Å². The van der Waals surface area contributed by atoms with Crippen LogP contribution in [0.15, 0.2) is 103 Å². The zero-order valence-electron chi connectivity index (χ0n) is 48.7. The van der Waals surface area contributed by atoms with Crippen molar-refractivity contribution in [3.05, 3.63) is 127 Å². The van der Waals surface area contributed by atoms with E-state index in [1.165, 1.54) is 42.5 Å². The highest BCUT2D eigenvalue weighted by molar-refractivity contribution is 5.99. The van der Waals surface area contributed by atoms with Crippen LogP contribution in [0.3, 0.4) is 0 Å². The number of carbonyl (C=O) groups excluding carboxylic acids is 8. The number of nitrogens with one attached hydrogen (secondary N) is 11. The van der Waals surface area contributed by atoms with E-state index in [2.05, 4.69) is 77.1 Å². The van der Waals surface area contributed by atoms with Crippen LogP contribution in [-0.2, 0) is 75.3 Å². The molecular formula is C58H77N19O11. The third-order valence-corrected chi connectivity index (χ3v) is 15.2. The summed E-state index contributed by atoms with van der Waals surface area (Å²) in [7, 11) is 0. The van der Waals surface area contributed by atoms with Crippen molar-refractivity contribution in [3.8, 4) is 0 Å². The summed E-state index contributed by atoms with van der Waals surface area (Å²) in [5.74, 6) is -8.38. The molecule has 1 saturated heterocycles. The smallest absolute Gasteiger partial charge is 0.326 e. The van der Waals surface area contributed by atoms with E-state index in [0.29, 0.717) is 41.1 Å². The van der Waals surface area contributed by atoms with Crippen LogP contribution < -0.4 is 54.4 Å². The molecule has 0 unspecified atom stereocenters. The minimum absolute atomic E-state index is 0.0409. The molecule has 7 rings (SSSR count). The number of guanidine groups is 1. The van der Waals surface area contributed by atoms with Gasteiger partial charge in [0, 0.05) is 98.0 Å². The van der Waals surface area contributed by atoms with Crippen molar-refractivity contribution >= 4 is 70.1 Å². The number of nitrogens with zero attached hydrogens (tertiary/aromatic N) is 5. The number of benzene rings is 2. The molecule has 1 fully saturated rings. The summed E-state index contributed by atoms with van der Waals surface area (Å²) in [4.78, 5) is 157. The third kappa shape index (κ3) is 18.5. The van der Waals surface area contributed by atoms with Gasteiger partial charge in [-0.1, -0.05) is 68.8 Å². The van der Waals surface area contributed by atoms with Gasteiger partial charge in [0.25, 0.3) is 0 Å².